The number of nitrogens with one attached hydrogen (secondary N) is 2. The van der Waals surface area contributed by atoms with Crippen LogP contribution in [0, 0.1) is 6.92 Å². The molecule has 0 aromatic carbocycles. The Morgan fingerprint density at radius 1 is 1.58 bits per heavy atom. The van der Waals surface area contributed by atoms with Gasteiger partial charge >= 0.3 is 0 Å². The van der Waals surface area contributed by atoms with E-state index in [1.807, 2.05) is 6.92 Å². The van der Waals surface area contributed by atoms with E-state index in [0.717, 1.165) is 43.6 Å². The number of anilines is 1. The van der Waals surface area contributed by atoms with E-state index in [2.05, 4.69) is 22.5 Å². The van der Waals surface area contributed by atoms with Gasteiger partial charge in [0.05, 0.1) is 16.9 Å². The van der Waals surface area contributed by atoms with Gasteiger partial charge in [-0.2, -0.15) is 0 Å². The van der Waals surface area contributed by atoms with E-state index in [0.29, 0.717) is 5.15 Å². The predicted octanol–water partition coefficient (Wildman–Crippen LogP) is 2.90. The maximum Gasteiger partial charge on any atom is 0.244 e. The van der Waals surface area contributed by atoms with E-state index in [1.165, 1.54) is 0 Å². The molecule has 19 heavy (non-hydrogen) atoms. The van der Waals surface area contributed by atoms with E-state index >= 15 is 0 Å². The summed E-state index contributed by atoms with van der Waals surface area (Å²) in [5, 5.41) is 6.79. The molecule has 0 saturated carbocycles. The number of hydrogen-bond acceptors (Lipinski definition) is 3. The third-order valence-electron chi connectivity index (χ3n) is 3.66. The van der Waals surface area contributed by atoms with Gasteiger partial charge in [0, 0.05) is 0 Å². The van der Waals surface area contributed by atoms with Crippen molar-refractivity contribution in [2.75, 3.05) is 11.9 Å². The van der Waals surface area contributed by atoms with Gasteiger partial charge in [-0.3, -0.25) is 4.79 Å². The van der Waals surface area contributed by atoms with Crippen LogP contribution in [0.15, 0.2) is 12.1 Å². The molecular formula is C14H20ClN3O. The molecule has 0 bridgehead atoms. The highest BCUT2D eigenvalue weighted by Gasteiger charge is 2.40. The van der Waals surface area contributed by atoms with Gasteiger partial charge in [0.25, 0.3) is 0 Å². The number of nitrogens with zero attached hydrogens (tertiary/aromatic N) is 1. The van der Waals surface area contributed by atoms with Crippen LogP contribution in [0.4, 0.5) is 5.69 Å². The lowest BCUT2D eigenvalue weighted by atomic mass is 9.90. The van der Waals surface area contributed by atoms with Gasteiger partial charge in [-0.1, -0.05) is 24.9 Å². The van der Waals surface area contributed by atoms with Gasteiger partial charge in [0.15, 0.2) is 0 Å². The number of carbonyl (C=O) groups excluding carboxylic acids is 1. The molecule has 104 valence electrons. The minimum Gasteiger partial charge on any atom is -0.323 e. The normalized spacial score (nSPS) is 22.5. The Balaban J connectivity index is 2.15. The molecule has 5 heteroatoms. The quantitative estimate of drug-likeness (QED) is 0.835. The Bertz CT molecular complexity index is 470. The van der Waals surface area contributed by atoms with Gasteiger partial charge in [0.2, 0.25) is 5.91 Å². The zero-order valence-corrected chi connectivity index (χ0v) is 12.2. The van der Waals surface area contributed by atoms with Crippen LogP contribution in [0.1, 0.15) is 38.3 Å². The highest BCUT2D eigenvalue weighted by molar-refractivity contribution is 6.29. The van der Waals surface area contributed by atoms with Crippen molar-refractivity contribution in [2.24, 2.45) is 0 Å². The number of aryl methyl sites for hydroxylation is 1. The van der Waals surface area contributed by atoms with Crippen LogP contribution in [0.3, 0.4) is 0 Å². The third kappa shape index (κ3) is 3.07. The number of rotatable bonds is 4. The lowest BCUT2D eigenvalue weighted by Crippen LogP contribution is -2.50. The van der Waals surface area contributed by atoms with E-state index in [1.54, 1.807) is 12.1 Å². The molecular weight excluding hydrogens is 262 g/mol. The molecule has 0 spiro atoms. The second-order valence-corrected chi connectivity index (χ2v) is 5.47. The zero-order chi connectivity index (χ0) is 13.9. The van der Waals surface area contributed by atoms with Crippen molar-refractivity contribution in [3.8, 4) is 0 Å². The first kappa shape index (κ1) is 14.3. The van der Waals surface area contributed by atoms with Crippen LogP contribution in [0.25, 0.3) is 0 Å². The largest absolute Gasteiger partial charge is 0.323 e. The van der Waals surface area contributed by atoms with E-state index in [9.17, 15) is 4.79 Å². The van der Waals surface area contributed by atoms with Gasteiger partial charge in [-0.05, 0) is 44.9 Å². The minimum atomic E-state index is -0.416. The maximum atomic E-state index is 12.5. The van der Waals surface area contributed by atoms with Crippen molar-refractivity contribution >= 4 is 23.2 Å². The summed E-state index contributed by atoms with van der Waals surface area (Å²) in [5.41, 5.74) is 1.06. The lowest BCUT2D eigenvalue weighted by Gasteiger charge is -2.28. The number of pyridine rings is 1. The standard InChI is InChI=1S/C14H20ClN3O/c1-3-7-14(8-4-9-16-14)13(19)18-11-5-6-12(15)17-10(11)2/h5-6,16H,3-4,7-9H2,1-2H3,(H,18,19). The number of carbonyl (C=O) groups is 1. The second kappa shape index (κ2) is 5.88. The fraction of sp³-hybridized carbons (Fsp3) is 0.571. The van der Waals surface area contributed by atoms with E-state index < -0.39 is 5.54 Å². The summed E-state index contributed by atoms with van der Waals surface area (Å²) in [6.07, 6.45) is 3.79. The predicted molar refractivity (Wildman–Crippen MR) is 77.5 cm³/mol. The minimum absolute atomic E-state index is 0.0408. The summed E-state index contributed by atoms with van der Waals surface area (Å²) < 4.78 is 0. The Morgan fingerprint density at radius 2 is 2.37 bits per heavy atom. The smallest absolute Gasteiger partial charge is 0.244 e. The number of hydrogen-bond donors (Lipinski definition) is 2. The van der Waals surface area contributed by atoms with Crippen molar-refractivity contribution in [1.82, 2.24) is 10.3 Å². The first-order valence-corrected chi connectivity index (χ1v) is 7.15. The molecule has 2 rings (SSSR count). The molecule has 1 amide bonds. The molecule has 2 N–H and O–H groups in total. The van der Waals surface area contributed by atoms with Crippen molar-refractivity contribution in [3.05, 3.63) is 23.0 Å². The molecule has 1 aromatic rings. The Labute approximate surface area is 118 Å². The first-order chi connectivity index (χ1) is 9.07. The fourth-order valence-corrected chi connectivity index (χ4v) is 2.85. The number of amides is 1. The Kier molecular flexibility index (Phi) is 4.42. The molecule has 0 radical (unpaired) electrons. The molecule has 1 unspecified atom stereocenters. The average Bonchev–Trinajstić information content (AvgIpc) is 2.83. The van der Waals surface area contributed by atoms with Gasteiger partial charge in [0.1, 0.15) is 5.15 Å². The average molecular weight is 282 g/mol. The fourth-order valence-electron chi connectivity index (χ4n) is 2.66. The van der Waals surface area contributed by atoms with Crippen LogP contribution >= 0.6 is 11.6 Å². The first-order valence-electron chi connectivity index (χ1n) is 6.77. The van der Waals surface area contributed by atoms with Crippen LogP contribution < -0.4 is 10.6 Å². The molecule has 0 aliphatic carbocycles. The molecule has 1 aromatic heterocycles. The molecule has 1 fully saturated rings. The molecule has 1 saturated heterocycles. The van der Waals surface area contributed by atoms with Gasteiger partial charge in [-0.15, -0.1) is 0 Å². The van der Waals surface area contributed by atoms with Crippen LogP contribution in [0.2, 0.25) is 5.15 Å². The Hall–Kier alpha value is -1.13. The maximum absolute atomic E-state index is 12.5. The topological polar surface area (TPSA) is 54.0 Å². The highest BCUT2D eigenvalue weighted by Crippen LogP contribution is 2.27. The highest BCUT2D eigenvalue weighted by atomic mass is 35.5. The third-order valence-corrected chi connectivity index (χ3v) is 3.87. The van der Waals surface area contributed by atoms with Crippen molar-refractivity contribution in [2.45, 2.75) is 45.1 Å². The zero-order valence-electron chi connectivity index (χ0n) is 11.4. The number of aromatic nitrogens is 1. The summed E-state index contributed by atoms with van der Waals surface area (Å²) in [5.74, 6) is 0.0408. The molecule has 1 aliphatic heterocycles. The van der Waals surface area contributed by atoms with Crippen molar-refractivity contribution in [1.29, 1.82) is 0 Å². The van der Waals surface area contributed by atoms with E-state index in [4.69, 9.17) is 11.6 Å². The lowest BCUT2D eigenvalue weighted by molar-refractivity contribution is -0.122. The SMILES string of the molecule is CCCC1(C(=O)Nc2ccc(Cl)nc2C)CCCN1. The summed E-state index contributed by atoms with van der Waals surface area (Å²) in [6.45, 7) is 4.85. The van der Waals surface area contributed by atoms with E-state index in [-0.39, 0.29) is 5.91 Å². The Morgan fingerprint density at radius 3 is 2.95 bits per heavy atom. The monoisotopic (exact) mass is 281 g/mol. The van der Waals surface area contributed by atoms with Gasteiger partial charge < -0.3 is 10.6 Å². The number of halogens is 1. The summed E-state index contributed by atoms with van der Waals surface area (Å²) in [6, 6.07) is 3.50. The molecule has 4 nitrogen and oxygen atoms in total. The molecule has 2 heterocycles. The summed E-state index contributed by atoms with van der Waals surface area (Å²) in [7, 11) is 0. The van der Waals surface area contributed by atoms with Gasteiger partial charge in [-0.25, -0.2) is 4.98 Å². The summed E-state index contributed by atoms with van der Waals surface area (Å²) >= 11 is 5.82. The van der Waals surface area contributed by atoms with Crippen molar-refractivity contribution < 1.29 is 4.79 Å². The van der Waals surface area contributed by atoms with Crippen molar-refractivity contribution in [3.63, 3.8) is 0 Å². The van der Waals surface area contributed by atoms with Crippen LogP contribution in [-0.2, 0) is 4.79 Å². The molecule has 1 atom stereocenters. The summed E-state index contributed by atoms with van der Waals surface area (Å²) in [4.78, 5) is 16.7. The van der Waals surface area contributed by atoms with Crippen LogP contribution in [-0.4, -0.2) is 23.0 Å². The molecule has 1 aliphatic rings. The second-order valence-electron chi connectivity index (χ2n) is 5.08. The van der Waals surface area contributed by atoms with Crippen LogP contribution in [0.5, 0.6) is 0 Å².